The van der Waals surface area contributed by atoms with Crippen LogP contribution in [0, 0.1) is 0 Å². The van der Waals surface area contributed by atoms with Crippen LogP contribution in [0.5, 0.6) is 5.75 Å². The van der Waals surface area contributed by atoms with E-state index in [0.29, 0.717) is 18.7 Å². The number of rotatable bonds is 7. The molecule has 0 aliphatic rings. The summed E-state index contributed by atoms with van der Waals surface area (Å²) in [6, 6.07) is 18.6. The van der Waals surface area contributed by atoms with Crippen molar-refractivity contribution in [3.05, 3.63) is 66.2 Å². The summed E-state index contributed by atoms with van der Waals surface area (Å²) in [7, 11) is 0. The van der Waals surface area contributed by atoms with Crippen LogP contribution < -0.4 is 10.1 Å². The van der Waals surface area contributed by atoms with Crippen molar-refractivity contribution in [1.82, 2.24) is 5.32 Å². The third-order valence-electron chi connectivity index (χ3n) is 3.30. The minimum Gasteiger partial charge on any atom is -0.477 e. The molecule has 0 amide bonds. The predicted molar refractivity (Wildman–Crippen MR) is 81.0 cm³/mol. The van der Waals surface area contributed by atoms with E-state index in [1.165, 1.54) is 0 Å². The molecule has 0 aliphatic carbocycles. The molecule has 1 atom stereocenters. The van der Waals surface area contributed by atoms with E-state index in [9.17, 15) is 9.90 Å². The zero-order valence-corrected chi connectivity index (χ0v) is 12.0. The molecular formula is C17H19NO3. The summed E-state index contributed by atoms with van der Waals surface area (Å²) in [4.78, 5) is 11.7. The number of ether oxygens (including phenoxy) is 1. The van der Waals surface area contributed by atoms with Crippen LogP contribution in [0.1, 0.15) is 18.9 Å². The summed E-state index contributed by atoms with van der Waals surface area (Å²) in [5.74, 6) is -0.493. The number of hydrogen-bond donors (Lipinski definition) is 2. The fourth-order valence-electron chi connectivity index (χ4n) is 2.03. The Hall–Kier alpha value is -2.33. The molecule has 0 bridgehead atoms. The van der Waals surface area contributed by atoms with Gasteiger partial charge in [0.15, 0.2) is 0 Å². The van der Waals surface area contributed by atoms with Crippen LogP contribution in [-0.2, 0) is 11.3 Å². The van der Waals surface area contributed by atoms with Crippen molar-refractivity contribution in [2.45, 2.75) is 25.6 Å². The molecule has 110 valence electrons. The molecule has 0 aromatic heterocycles. The smallest absolute Gasteiger partial charge is 0.363 e. The van der Waals surface area contributed by atoms with Crippen LogP contribution in [0.2, 0.25) is 0 Å². The van der Waals surface area contributed by atoms with Gasteiger partial charge in [0.25, 0.3) is 5.72 Å². The lowest BCUT2D eigenvalue weighted by Crippen LogP contribution is -2.56. The van der Waals surface area contributed by atoms with Crippen molar-refractivity contribution >= 4 is 5.97 Å². The van der Waals surface area contributed by atoms with E-state index < -0.39 is 11.7 Å². The normalized spacial score (nSPS) is 13.4. The fourth-order valence-corrected chi connectivity index (χ4v) is 2.03. The van der Waals surface area contributed by atoms with Gasteiger partial charge in [0.2, 0.25) is 0 Å². The summed E-state index contributed by atoms with van der Waals surface area (Å²) in [6.07, 6.45) is 0.310. The molecule has 2 rings (SSSR count). The summed E-state index contributed by atoms with van der Waals surface area (Å²) in [6.45, 7) is 2.21. The molecule has 4 heteroatoms. The number of hydrogen-bond acceptors (Lipinski definition) is 3. The zero-order chi connectivity index (χ0) is 15.1. The molecule has 4 nitrogen and oxygen atoms in total. The highest BCUT2D eigenvalue weighted by Gasteiger charge is 2.38. The number of para-hydroxylation sites is 1. The third-order valence-corrected chi connectivity index (χ3v) is 3.30. The molecule has 21 heavy (non-hydrogen) atoms. The highest BCUT2D eigenvalue weighted by Crippen LogP contribution is 2.20. The first kappa shape index (κ1) is 15.1. The minimum atomic E-state index is -1.43. The second-order valence-electron chi connectivity index (χ2n) is 4.74. The van der Waals surface area contributed by atoms with E-state index in [1.807, 2.05) is 48.5 Å². The first-order chi connectivity index (χ1) is 10.2. The van der Waals surface area contributed by atoms with Crippen molar-refractivity contribution in [3.8, 4) is 5.75 Å². The molecular weight excluding hydrogens is 266 g/mol. The van der Waals surface area contributed by atoms with Gasteiger partial charge >= 0.3 is 5.97 Å². The number of benzene rings is 2. The number of aliphatic carboxylic acids is 1. The van der Waals surface area contributed by atoms with Crippen LogP contribution in [0.25, 0.3) is 0 Å². The molecule has 0 radical (unpaired) electrons. The minimum absolute atomic E-state index is 0.310. The van der Waals surface area contributed by atoms with Gasteiger partial charge in [-0.2, -0.15) is 0 Å². The summed E-state index contributed by atoms with van der Waals surface area (Å²) in [5.41, 5.74) is -0.426. The highest BCUT2D eigenvalue weighted by molar-refractivity contribution is 5.77. The standard InChI is InChI=1S/C17H19NO3/c1-2-17(16(19)20,21-15-11-7-4-8-12-15)18-13-14-9-5-3-6-10-14/h3-12,18H,2,13H2,1H3,(H,19,20). The average Bonchev–Trinajstić information content (AvgIpc) is 2.53. The average molecular weight is 285 g/mol. The topological polar surface area (TPSA) is 58.6 Å². The Morgan fingerprint density at radius 2 is 1.67 bits per heavy atom. The van der Waals surface area contributed by atoms with Gasteiger partial charge in [-0.05, 0) is 17.7 Å². The van der Waals surface area contributed by atoms with Crippen molar-refractivity contribution in [2.24, 2.45) is 0 Å². The summed E-state index contributed by atoms with van der Waals surface area (Å²) < 4.78 is 5.72. The molecule has 2 aromatic carbocycles. The van der Waals surface area contributed by atoms with E-state index in [0.717, 1.165) is 5.56 Å². The maximum atomic E-state index is 11.7. The first-order valence-corrected chi connectivity index (χ1v) is 6.93. The lowest BCUT2D eigenvalue weighted by molar-refractivity contribution is -0.159. The molecule has 0 spiro atoms. The maximum absolute atomic E-state index is 11.7. The maximum Gasteiger partial charge on any atom is 0.363 e. The van der Waals surface area contributed by atoms with Gasteiger partial charge in [-0.15, -0.1) is 0 Å². The Morgan fingerprint density at radius 1 is 1.10 bits per heavy atom. The number of nitrogens with one attached hydrogen (secondary N) is 1. The van der Waals surface area contributed by atoms with Gasteiger partial charge in [0.05, 0.1) is 0 Å². The highest BCUT2D eigenvalue weighted by atomic mass is 16.5. The Bertz CT molecular complexity index is 571. The molecule has 0 saturated heterocycles. The van der Waals surface area contributed by atoms with Crippen molar-refractivity contribution in [1.29, 1.82) is 0 Å². The first-order valence-electron chi connectivity index (χ1n) is 6.93. The molecule has 0 heterocycles. The molecule has 1 unspecified atom stereocenters. The Labute approximate surface area is 124 Å². The van der Waals surface area contributed by atoms with Gasteiger partial charge in [-0.3, -0.25) is 5.32 Å². The third kappa shape index (κ3) is 3.83. The quantitative estimate of drug-likeness (QED) is 0.768. The fraction of sp³-hybridized carbons (Fsp3) is 0.235. The van der Waals surface area contributed by atoms with Gasteiger partial charge < -0.3 is 9.84 Å². The molecule has 0 fully saturated rings. The van der Waals surface area contributed by atoms with Crippen molar-refractivity contribution in [2.75, 3.05) is 0 Å². The van der Waals surface area contributed by atoms with E-state index in [4.69, 9.17) is 4.74 Å². The van der Waals surface area contributed by atoms with Crippen molar-refractivity contribution in [3.63, 3.8) is 0 Å². The molecule has 2 aromatic rings. The lowest BCUT2D eigenvalue weighted by Gasteiger charge is -2.30. The summed E-state index contributed by atoms with van der Waals surface area (Å²) >= 11 is 0. The van der Waals surface area contributed by atoms with Crippen LogP contribution in [0.3, 0.4) is 0 Å². The molecule has 0 aliphatic heterocycles. The summed E-state index contributed by atoms with van der Waals surface area (Å²) in [5, 5.41) is 12.6. The lowest BCUT2D eigenvalue weighted by atomic mass is 10.1. The van der Waals surface area contributed by atoms with Crippen LogP contribution in [0.4, 0.5) is 0 Å². The van der Waals surface area contributed by atoms with Gasteiger partial charge in [-0.1, -0.05) is 55.5 Å². The second-order valence-corrected chi connectivity index (χ2v) is 4.74. The van der Waals surface area contributed by atoms with Crippen molar-refractivity contribution < 1.29 is 14.6 Å². The van der Waals surface area contributed by atoms with Crippen LogP contribution in [-0.4, -0.2) is 16.8 Å². The predicted octanol–water partition coefficient (Wildman–Crippen LogP) is 3.05. The van der Waals surface area contributed by atoms with E-state index in [-0.39, 0.29) is 0 Å². The van der Waals surface area contributed by atoms with E-state index >= 15 is 0 Å². The Balaban J connectivity index is 2.15. The Kier molecular flexibility index (Phi) is 4.95. The van der Waals surface area contributed by atoms with Crippen LogP contribution in [0.15, 0.2) is 60.7 Å². The zero-order valence-electron chi connectivity index (χ0n) is 12.0. The monoisotopic (exact) mass is 285 g/mol. The molecule has 0 saturated carbocycles. The van der Waals surface area contributed by atoms with Crippen LogP contribution >= 0.6 is 0 Å². The number of carbonyl (C=O) groups is 1. The van der Waals surface area contributed by atoms with E-state index in [2.05, 4.69) is 5.32 Å². The number of carboxylic acids is 1. The molecule has 2 N–H and O–H groups in total. The van der Waals surface area contributed by atoms with Gasteiger partial charge in [0, 0.05) is 13.0 Å². The van der Waals surface area contributed by atoms with Gasteiger partial charge in [0.1, 0.15) is 5.75 Å². The van der Waals surface area contributed by atoms with E-state index in [1.54, 1.807) is 19.1 Å². The van der Waals surface area contributed by atoms with Gasteiger partial charge in [-0.25, -0.2) is 4.79 Å². The second kappa shape index (κ2) is 6.90. The SMILES string of the molecule is CCC(NCc1ccccc1)(Oc1ccccc1)C(=O)O. The Morgan fingerprint density at radius 3 is 2.19 bits per heavy atom. The largest absolute Gasteiger partial charge is 0.477 e. The number of carboxylic acid groups (broad SMARTS) is 1.